The van der Waals surface area contributed by atoms with Crippen molar-refractivity contribution < 1.29 is 9.53 Å². The summed E-state index contributed by atoms with van der Waals surface area (Å²) >= 11 is 0. The standard InChI is InChI=1S/C26H25N3O2/c30-25(27-19-26(13-7-14-26)21-9-2-1-3-10-21)20-8-6-11-23(16-20)31-18-22-17-29-15-5-4-12-24(29)28-22/h1-6,8-12,15-17H,7,13-14,18-19H2,(H,27,30). The van der Waals surface area contributed by atoms with Gasteiger partial charge in [0.25, 0.3) is 5.91 Å². The van der Waals surface area contributed by atoms with Crippen LogP contribution in [0.3, 0.4) is 0 Å². The lowest BCUT2D eigenvalue weighted by molar-refractivity contribution is 0.0927. The first-order valence-electron chi connectivity index (χ1n) is 10.7. The summed E-state index contributed by atoms with van der Waals surface area (Å²) in [6.07, 6.45) is 7.34. The van der Waals surface area contributed by atoms with Crippen molar-refractivity contribution in [3.8, 4) is 5.75 Å². The SMILES string of the molecule is O=C(NCC1(c2ccccc2)CCC1)c1cccc(OCc2cn3ccccc3n2)c1. The van der Waals surface area contributed by atoms with E-state index >= 15 is 0 Å². The molecule has 2 aromatic carbocycles. The van der Waals surface area contributed by atoms with Crippen molar-refractivity contribution in [2.45, 2.75) is 31.3 Å². The number of carbonyl (C=O) groups is 1. The van der Waals surface area contributed by atoms with Gasteiger partial charge in [-0.3, -0.25) is 4.79 Å². The highest BCUT2D eigenvalue weighted by molar-refractivity contribution is 5.94. The number of hydrogen-bond acceptors (Lipinski definition) is 3. The van der Waals surface area contributed by atoms with Crippen LogP contribution in [0, 0.1) is 0 Å². The Balaban J connectivity index is 1.22. The molecule has 1 aliphatic carbocycles. The van der Waals surface area contributed by atoms with Crippen LogP contribution in [0.2, 0.25) is 0 Å². The van der Waals surface area contributed by atoms with E-state index < -0.39 is 0 Å². The van der Waals surface area contributed by atoms with Gasteiger partial charge in [-0.2, -0.15) is 0 Å². The first kappa shape index (κ1) is 19.4. The molecule has 1 N–H and O–H groups in total. The minimum Gasteiger partial charge on any atom is -0.487 e. The van der Waals surface area contributed by atoms with Gasteiger partial charge in [0.2, 0.25) is 0 Å². The highest BCUT2D eigenvalue weighted by atomic mass is 16.5. The van der Waals surface area contributed by atoms with Gasteiger partial charge in [0.15, 0.2) is 0 Å². The van der Waals surface area contributed by atoms with Crippen LogP contribution in [-0.4, -0.2) is 21.8 Å². The van der Waals surface area contributed by atoms with Crippen LogP contribution in [-0.2, 0) is 12.0 Å². The summed E-state index contributed by atoms with van der Waals surface area (Å²) in [7, 11) is 0. The third-order valence-electron chi connectivity index (χ3n) is 6.18. The number of imidazole rings is 1. The number of pyridine rings is 1. The summed E-state index contributed by atoms with van der Waals surface area (Å²) in [4.78, 5) is 17.4. The summed E-state index contributed by atoms with van der Waals surface area (Å²) in [5, 5.41) is 3.15. The first-order valence-corrected chi connectivity index (χ1v) is 10.7. The Morgan fingerprint density at radius 3 is 2.65 bits per heavy atom. The van der Waals surface area contributed by atoms with Crippen LogP contribution in [0.15, 0.2) is 85.2 Å². The Bertz CT molecular complexity index is 1160. The molecule has 0 atom stereocenters. The highest BCUT2D eigenvalue weighted by Crippen LogP contribution is 2.43. The third-order valence-corrected chi connectivity index (χ3v) is 6.18. The number of fused-ring (bicyclic) bond motifs is 1. The smallest absolute Gasteiger partial charge is 0.251 e. The predicted molar refractivity (Wildman–Crippen MR) is 120 cm³/mol. The molecule has 1 aliphatic rings. The molecule has 0 saturated heterocycles. The topological polar surface area (TPSA) is 55.6 Å². The van der Waals surface area contributed by atoms with Gasteiger partial charge in [0.05, 0.1) is 5.69 Å². The number of ether oxygens (including phenoxy) is 1. The van der Waals surface area contributed by atoms with Crippen molar-refractivity contribution in [3.05, 3.63) is 102 Å². The normalized spacial score (nSPS) is 14.7. The molecule has 156 valence electrons. The zero-order chi connectivity index (χ0) is 21.1. The van der Waals surface area contributed by atoms with Crippen molar-refractivity contribution in [2.24, 2.45) is 0 Å². The minimum atomic E-state index is -0.0691. The largest absolute Gasteiger partial charge is 0.487 e. The molecule has 31 heavy (non-hydrogen) atoms. The molecule has 0 bridgehead atoms. The van der Waals surface area contributed by atoms with E-state index in [2.05, 4.69) is 34.6 Å². The van der Waals surface area contributed by atoms with Crippen LogP contribution in [0.4, 0.5) is 0 Å². The molecule has 5 nitrogen and oxygen atoms in total. The second-order valence-corrected chi connectivity index (χ2v) is 8.20. The van der Waals surface area contributed by atoms with Crippen molar-refractivity contribution in [1.82, 2.24) is 14.7 Å². The average molecular weight is 412 g/mol. The maximum absolute atomic E-state index is 12.8. The van der Waals surface area contributed by atoms with E-state index in [1.165, 1.54) is 12.0 Å². The Morgan fingerprint density at radius 1 is 1.03 bits per heavy atom. The molecule has 5 heteroatoms. The van der Waals surface area contributed by atoms with Gasteiger partial charge in [-0.1, -0.05) is 48.9 Å². The number of nitrogens with zero attached hydrogens (tertiary/aromatic N) is 2. The fourth-order valence-electron chi connectivity index (χ4n) is 4.26. The Morgan fingerprint density at radius 2 is 1.87 bits per heavy atom. The fourth-order valence-corrected chi connectivity index (χ4v) is 4.26. The van der Waals surface area contributed by atoms with Gasteiger partial charge >= 0.3 is 0 Å². The molecule has 0 radical (unpaired) electrons. The number of aromatic nitrogens is 2. The molecule has 5 rings (SSSR count). The van der Waals surface area contributed by atoms with E-state index in [4.69, 9.17) is 4.74 Å². The first-order chi connectivity index (χ1) is 15.2. The summed E-state index contributed by atoms with van der Waals surface area (Å²) in [6, 6.07) is 23.7. The molecule has 1 saturated carbocycles. The van der Waals surface area contributed by atoms with Crippen molar-refractivity contribution in [2.75, 3.05) is 6.54 Å². The van der Waals surface area contributed by atoms with Crippen LogP contribution < -0.4 is 10.1 Å². The maximum atomic E-state index is 12.8. The number of hydrogen-bond donors (Lipinski definition) is 1. The van der Waals surface area contributed by atoms with E-state index in [1.807, 2.05) is 59.3 Å². The number of rotatable bonds is 7. The third kappa shape index (κ3) is 4.04. The fraction of sp³-hybridized carbons (Fsp3) is 0.231. The van der Waals surface area contributed by atoms with Crippen molar-refractivity contribution in [3.63, 3.8) is 0 Å². The molecule has 4 aromatic rings. The number of amides is 1. The lowest BCUT2D eigenvalue weighted by Gasteiger charge is -2.42. The average Bonchev–Trinajstić information content (AvgIpc) is 3.21. The van der Waals surface area contributed by atoms with Crippen molar-refractivity contribution in [1.29, 1.82) is 0 Å². The van der Waals surface area contributed by atoms with E-state index in [1.54, 1.807) is 6.07 Å². The summed E-state index contributed by atoms with van der Waals surface area (Å²) < 4.78 is 7.87. The Kier molecular flexibility index (Phi) is 5.16. The second kappa shape index (κ2) is 8.26. The molecule has 0 spiro atoms. The number of carbonyl (C=O) groups excluding carboxylic acids is 1. The molecule has 2 aromatic heterocycles. The van der Waals surface area contributed by atoms with Gasteiger partial charge in [-0.25, -0.2) is 4.98 Å². The van der Waals surface area contributed by atoms with E-state index in [0.717, 1.165) is 24.2 Å². The zero-order valence-corrected chi connectivity index (χ0v) is 17.3. The van der Waals surface area contributed by atoms with Gasteiger partial charge in [-0.15, -0.1) is 0 Å². The van der Waals surface area contributed by atoms with Gasteiger partial charge in [0, 0.05) is 29.9 Å². The van der Waals surface area contributed by atoms with Crippen molar-refractivity contribution >= 4 is 11.6 Å². The van der Waals surface area contributed by atoms with Crippen LogP contribution in [0.5, 0.6) is 5.75 Å². The number of nitrogens with one attached hydrogen (secondary N) is 1. The molecule has 1 fully saturated rings. The molecule has 0 unspecified atom stereocenters. The van der Waals surface area contributed by atoms with Gasteiger partial charge in [0.1, 0.15) is 18.0 Å². The number of benzene rings is 2. The van der Waals surface area contributed by atoms with E-state index in [-0.39, 0.29) is 11.3 Å². The zero-order valence-electron chi connectivity index (χ0n) is 17.3. The van der Waals surface area contributed by atoms with Gasteiger partial charge < -0.3 is 14.5 Å². The Hall–Kier alpha value is -3.60. The monoisotopic (exact) mass is 411 g/mol. The summed E-state index contributed by atoms with van der Waals surface area (Å²) in [5.41, 5.74) is 3.71. The van der Waals surface area contributed by atoms with Crippen LogP contribution in [0.25, 0.3) is 5.65 Å². The molecule has 1 amide bonds. The highest BCUT2D eigenvalue weighted by Gasteiger charge is 2.38. The lowest BCUT2D eigenvalue weighted by atomic mass is 9.64. The maximum Gasteiger partial charge on any atom is 0.251 e. The lowest BCUT2D eigenvalue weighted by Crippen LogP contribution is -2.45. The second-order valence-electron chi connectivity index (χ2n) is 8.20. The molecule has 2 heterocycles. The molecule has 0 aliphatic heterocycles. The van der Waals surface area contributed by atoms with E-state index in [9.17, 15) is 4.79 Å². The Labute approximate surface area is 181 Å². The predicted octanol–water partition coefficient (Wildman–Crippen LogP) is 4.77. The molecular formula is C26H25N3O2. The van der Waals surface area contributed by atoms with Gasteiger partial charge in [-0.05, 0) is 48.7 Å². The summed E-state index contributed by atoms with van der Waals surface area (Å²) in [6.45, 7) is 1.01. The minimum absolute atomic E-state index is 0.0636. The quantitative estimate of drug-likeness (QED) is 0.477. The van der Waals surface area contributed by atoms with Crippen LogP contribution >= 0.6 is 0 Å². The van der Waals surface area contributed by atoms with E-state index in [0.29, 0.717) is 24.5 Å². The van der Waals surface area contributed by atoms with Crippen LogP contribution in [0.1, 0.15) is 40.9 Å². The summed E-state index contributed by atoms with van der Waals surface area (Å²) in [5.74, 6) is 0.589. The molecular weight excluding hydrogens is 386 g/mol.